The molecular formula is C24H33N2O5+. The number of carbonyl (C=O) groups excluding carboxylic acids is 1. The molecule has 0 spiro atoms. The van der Waals surface area contributed by atoms with E-state index in [1.807, 2.05) is 38.1 Å². The lowest BCUT2D eigenvalue weighted by Gasteiger charge is -2.32. The van der Waals surface area contributed by atoms with Crippen LogP contribution in [0.4, 0.5) is 5.69 Å². The lowest BCUT2D eigenvalue weighted by Crippen LogP contribution is -3.14. The molecule has 0 radical (unpaired) electrons. The second-order valence-electron chi connectivity index (χ2n) is 7.54. The summed E-state index contributed by atoms with van der Waals surface area (Å²) in [5, 5.41) is 3.00. The Morgan fingerprint density at radius 3 is 2.35 bits per heavy atom. The molecule has 7 nitrogen and oxygen atoms in total. The summed E-state index contributed by atoms with van der Waals surface area (Å²) in [4.78, 5) is 14.0. The standard InChI is InChI=1S/C24H32N2O5/c1-6-30-20-9-8-18(13-23(20)31-7-2)25-24(27)15-26-11-10-17-12-21(28-4)22(29-5)14-19(17)16(26)3/h8-9,12-14,16H,6-7,10-11,15H2,1-5H3,(H,25,27)/p+1/t16-/m0/s1. The molecule has 2 N–H and O–H groups in total. The molecule has 2 aromatic carbocycles. The summed E-state index contributed by atoms with van der Waals surface area (Å²) in [5.41, 5.74) is 3.15. The van der Waals surface area contributed by atoms with Gasteiger partial charge < -0.3 is 29.2 Å². The highest BCUT2D eigenvalue weighted by Crippen LogP contribution is 2.34. The largest absolute Gasteiger partial charge is 0.493 e. The number of ether oxygens (including phenoxy) is 4. The maximum Gasteiger partial charge on any atom is 0.279 e. The van der Waals surface area contributed by atoms with Crippen LogP contribution in [0.3, 0.4) is 0 Å². The van der Waals surface area contributed by atoms with Crippen LogP contribution < -0.4 is 29.2 Å². The Bertz CT molecular complexity index is 915. The number of hydrogen-bond acceptors (Lipinski definition) is 5. The zero-order chi connectivity index (χ0) is 22.4. The van der Waals surface area contributed by atoms with E-state index < -0.39 is 0 Å². The van der Waals surface area contributed by atoms with E-state index in [4.69, 9.17) is 18.9 Å². The van der Waals surface area contributed by atoms with E-state index in [0.717, 1.165) is 24.5 Å². The monoisotopic (exact) mass is 429 g/mol. The van der Waals surface area contributed by atoms with Gasteiger partial charge in [0.05, 0.1) is 34.0 Å². The predicted molar refractivity (Wildman–Crippen MR) is 120 cm³/mol. The van der Waals surface area contributed by atoms with Gasteiger partial charge in [0, 0.05) is 23.7 Å². The molecule has 2 atom stereocenters. The fourth-order valence-corrected chi connectivity index (χ4v) is 4.07. The van der Waals surface area contributed by atoms with E-state index in [-0.39, 0.29) is 11.9 Å². The summed E-state index contributed by atoms with van der Waals surface area (Å²) < 4.78 is 22.1. The van der Waals surface area contributed by atoms with Crippen LogP contribution in [0.25, 0.3) is 0 Å². The van der Waals surface area contributed by atoms with Crippen molar-refractivity contribution in [2.24, 2.45) is 0 Å². The normalized spacial score (nSPS) is 17.5. The zero-order valence-electron chi connectivity index (χ0n) is 19.0. The Kier molecular flexibility index (Phi) is 7.63. The van der Waals surface area contributed by atoms with Crippen LogP contribution in [-0.4, -0.2) is 46.4 Å². The smallest absolute Gasteiger partial charge is 0.279 e. The molecule has 0 aliphatic carbocycles. The second kappa shape index (κ2) is 10.4. The predicted octanol–water partition coefficient (Wildman–Crippen LogP) is 2.64. The molecular weight excluding hydrogens is 396 g/mol. The Balaban J connectivity index is 1.69. The van der Waals surface area contributed by atoms with Crippen LogP contribution in [0.1, 0.15) is 37.9 Å². The SMILES string of the molecule is CCOc1ccc(NC(=O)C[NH+]2CCc3cc(OC)c(OC)cc3[C@@H]2C)cc1OCC. The van der Waals surface area contributed by atoms with Crippen LogP contribution in [-0.2, 0) is 11.2 Å². The van der Waals surface area contributed by atoms with Crippen LogP contribution >= 0.6 is 0 Å². The first-order valence-corrected chi connectivity index (χ1v) is 10.8. The van der Waals surface area contributed by atoms with Gasteiger partial charge in [-0.2, -0.15) is 0 Å². The quantitative estimate of drug-likeness (QED) is 0.641. The number of methoxy groups -OCH3 is 2. The van der Waals surface area contributed by atoms with E-state index in [0.29, 0.717) is 36.9 Å². The summed E-state index contributed by atoms with van der Waals surface area (Å²) in [6.45, 7) is 8.34. The molecule has 0 saturated carbocycles. The van der Waals surface area contributed by atoms with Crippen molar-refractivity contribution >= 4 is 11.6 Å². The van der Waals surface area contributed by atoms with E-state index in [2.05, 4.69) is 18.3 Å². The minimum absolute atomic E-state index is 0.0302. The van der Waals surface area contributed by atoms with Gasteiger partial charge in [-0.1, -0.05) is 0 Å². The molecule has 0 saturated heterocycles. The fourth-order valence-electron chi connectivity index (χ4n) is 4.07. The minimum Gasteiger partial charge on any atom is -0.493 e. The summed E-state index contributed by atoms with van der Waals surface area (Å²) in [6.07, 6.45) is 0.889. The van der Waals surface area contributed by atoms with Crippen molar-refractivity contribution < 1.29 is 28.6 Å². The van der Waals surface area contributed by atoms with Crippen molar-refractivity contribution in [2.45, 2.75) is 33.2 Å². The molecule has 0 fully saturated rings. The average molecular weight is 430 g/mol. The number of carbonyl (C=O) groups is 1. The summed E-state index contributed by atoms with van der Waals surface area (Å²) in [5.74, 6) is 2.75. The van der Waals surface area contributed by atoms with E-state index in [1.54, 1.807) is 14.2 Å². The highest BCUT2D eigenvalue weighted by atomic mass is 16.5. The van der Waals surface area contributed by atoms with Crippen LogP contribution in [0.2, 0.25) is 0 Å². The number of hydrogen-bond donors (Lipinski definition) is 2. The van der Waals surface area contributed by atoms with Gasteiger partial charge in [-0.15, -0.1) is 0 Å². The molecule has 31 heavy (non-hydrogen) atoms. The first kappa shape index (κ1) is 22.7. The topological polar surface area (TPSA) is 70.5 Å². The number of quaternary nitrogens is 1. The first-order chi connectivity index (χ1) is 15.0. The maximum atomic E-state index is 12.8. The van der Waals surface area contributed by atoms with Gasteiger partial charge in [-0.05, 0) is 50.6 Å². The van der Waals surface area contributed by atoms with Gasteiger partial charge in [-0.25, -0.2) is 0 Å². The number of benzene rings is 2. The highest BCUT2D eigenvalue weighted by Gasteiger charge is 2.30. The summed E-state index contributed by atoms with van der Waals surface area (Å²) >= 11 is 0. The molecule has 2 aromatic rings. The molecule has 1 amide bonds. The molecule has 1 heterocycles. The van der Waals surface area contributed by atoms with Gasteiger partial charge in [0.1, 0.15) is 6.04 Å². The molecule has 0 bridgehead atoms. The Hall–Kier alpha value is -2.93. The Morgan fingerprint density at radius 1 is 1.00 bits per heavy atom. The lowest BCUT2D eigenvalue weighted by atomic mass is 9.93. The molecule has 1 aliphatic rings. The Morgan fingerprint density at radius 2 is 1.68 bits per heavy atom. The third-order valence-electron chi connectivity index (χ3n) is 5.65. The first-order valence-electron chi connectivity index (χ1n) is 10.8. The second-order valence-corrected chi connectivity index (χ2v) is 7.54. The van der Waals surface area contributed by atoms with E-state index >= 15 is 0 Å². The maximum absolute atomic E-state index is 12.8. The third-order valence-corrected chi connectivity index (χ3v) is 5.65. The van der Waals surface area contributed by atoms with Crippen molar-refractivity contribution in [1.82, 2.24) is 0 Å². The summed E-state index contributed by atoms with van der Waals surface area (Å²) in [6, 6.07) is 9.75. The van der Waals surface area contributed by atoms with E-state index in [1.165, 1.54) is 16.0 Å². The van der Waals surface area contributed by atoms with E-state index in [9.17, 15) is 4.79 Å². The van der Waals surface area contributed by atoms with Crippen molar-refractivity contribution in [3.63, 3.8) is 0 Å². The van der Waals surface area contributed by atoms with Gasteiger partial charge in [0.25, 0.3) is 5.91 Å². The van der Waals surface area contributed by atoms with Crippen molar-refractivity contribution in [3.8, 4) is 23.0 Å². The number of rotatable bonds is 9. The molecule has 1 unspecified atom stereocenters. The lowest BCUT2D eigenvalue weighted by molar-refractivity contribution is -0.924. The van der Waals surface area contributed by atoms with Gasteiger partial charge >= 0.3 is 0 Å². The van der Waals surface area contributed by atoms with Gasteiger partial charge in [-0.3, -0.25) is 4.79 Å². The average Bonchev–Trinajstić information content (AvgIpc) is 2.77. The number of fused-ring (bicyclic) bond motifs is 1. The molecule has 3 rings (SSSR count). The van der Waals surface area contributed by atoms with Crippen LogP contribution in [0.15, 0.2) is 30.3 Å². The molecule has 0 aromatic heterocycles. The highest BCUT2D eigenvalue weighted by molar-refractivity contribution is 5.91. The summed E-state index contributed by atoms with van der Waals surface area (Å²) in [7, 11) is 3.29. The van der Waals surface area contributed by atoms with Crippen molar-refractivity contribution in [3.05, 3.63) is 41.5 Å². The van der Waals surface area contributed by atoms with Gasteiger partial charge in [0.2, 0.25) is 0 Å². The number of anilines is 1. The van der Waals surface area contributed by atoms with Crippen molar-refractivity contribution in [2.75, 3.05) is 45.8 Å². The number of amides is 1. The molecule has 1 aliphatic heterocycles. The fraction of sp³-hybridized carbons (Fsp3) is 0.458. The molecule has 7 heteroatoms. The minimum atomic E-state index is -0.0302. The molecule has 168 valence electrons. The Labute approximate surface area is 184 Å². The third kappa shape index (κ3) is 5.22. The van der Waals surface area contributed by atoms with Gasteiger partial charge in [0.15, 0.2) is 29.5 Å². The van der Waals surface area contributed by atoms with Crippen LogP contribution in [0.5, 0.6) is 23.0 Å². The van der Waals surface area contributed by atoms with Crippen molar-refractivity contribution in [1.29, 1.82) is 0 Å². The number of nitrogens with one attached hydrogen (secondary N) is 2. The van der Waals surface area contributed by atoms with Crippen LogP contribution in [0, 0.1) is 0 Å². The zero-order valence-corrected chi connectivity index (χ0v) is 19.0.